The van der Waals surface area contributed by atoms with Crippen LogP contribution in [-0.4, -0.2) is 34.0 Å². The van der Waals surface area contributed by atoms with Gasteiger partial charge in [0.25, 0.3) is 5.91 Å². The summed E-state index contributed by atoms with van der Waals surface area (Å²) in [6, 6.07) is 16.0. The van der Waals surface area contributed by atoms with Gasteiger partial charge in [0.1, 0.15) is 0 Å². The summed E-state index contributed by atoms with van der Waals surface area (Å²) in [6.07, 6.45) is 3.80. The van der Waals surface area contributed by atoms with E-state index in [-0.39, 0.29) is 5.91 Å². The van der Waals surface area contributed by atoms with Crippen molar-refractivity contribution in [2.24, 2.45) is 0 Å². The molecule has 0 bridgehead atoms. The largest absolute Gasteiger partial charge is 0.372 e. The van der Waals surface area contributed by atoms with E-state index < -0.39 is 0 Å². The second-order valence-electron chi connectivity index (χ2n) is 7.32. The topological polar surface area (TPSA) is 63.1 Å². The lowest BCUT2D eigenvalue weighted by molar-refractivity contribution is 0.102. The molecule has 1 aromatic heterocycles. The highest BCUT2D eigenvalue weighted by Gasteiger charge is 2.18. The Labute approximate surface area is 165 Å². The van der Waals surface area contributed by atoms with Crippen LogP contribution >= 0.6 is 0 Å². The lowest BCUT2D eigenvalue weighted by Gasteiger charge is -2.28. The SMILES string of the molecule is Cc1ccc(-n2nnc(C(=O)Nc3ccc(N4CCCCC4)cc3)c2C)cc1. The Hall–Kier alpha value is -3.15. The molecule has 144 valence electrons. The third-order valence-corrected chi connectivity index (χ3v) is 5.23. The normalized spacial score (nSPS) is 14.1. The number of benzene rings is 2. The van der Waals surface area contributed by atoms with E-state index in [0.29, 0.717) is 11.4 Å². The van der Waals surface area contributed by atoms with Gasteiger partial charge in [-0.15, -0.1) is 5.10 Å². The zero-order chi connectivity index (χ0) is 19.5. The van der Waals surface area contributed by atoms with Crippen LogP contribution in [0.3, 0.4) is 0 Å². The number of piperidine rings is 1. The summed E-state index contributed by atoms with van der Waals surface area (Å²) < 4.78 is 1.69. The van der Waals surface area contributed by atoms with Gasteiger partial charge in [0.2, 0.25) is 0 Å². The number of nitrogens with zero attached hydrogens (tertiary/aromatic N) is 4. The van der Waals surface area contributed by atoms with E-state index >= 15 is 0 Å². The van der Waals surface area contributed by atoms with Gasteiger partial charge >= 0.3 is 0 Å². The summed E-state index contributed by atoms with van der Waals surface area (Å²) in [5.41, 5.74) is 5.08. The molecule has 0 radical (unpaired) electrons. The first-order valence-corrected chi connectivity index (χ1v) is 9.77. The van der Waals surface area contributed by atoms with Crippen molar-refractivity contribution in [1.29, 1.82) is 0 Å². The number of aryl methyl sites for hydroxylation is 1. The second kappa shape index (κ2) is 7.84. The molecule has 1 fully saturated rings. The van der Waals surface area contributed by atoms with Crippen LogP contribution in [0, 0.1) is 13.8 Å². The minimum Gasteiger partial charge on any atom is -0.372 e. The van der Waals surface area contributed by atoms with Gasteiger partial charge in [-0.1, -0.05) is 22.9 Å². The van der Waals surface area contributed by atoms with Gasteiger partial charge in [0.05, 0.1) is 11.4 Å². The molecule has 0 spiro atoms. The van der Waals surface area contributed by atoms with Gasteiger partial charge in [-0.05, 0) is 69.5 Å². The Balaban J connectivity index is 1.47. The predicted molar refractivity (Wildman–Crippen MR) is 111 cm³/mol. The fraction of sp³-hybridized carbons (Fsp3) is 0.318. The van der Waals surface area contributed by atoms with Crippen molar-refractivity contribution < 1.29 is 4.79 Å². The Morgan fingerprint density at radius 2 is 1.54 bits per heavy atom. The van der Waals surface area contributed by atoms with Gasteiger partial charge < -0.3 is 10.2 Å². The highest BCUT2D eigenvalue weighted by atomic mass is 16.2. The molecular formula is C22H25N5O. The van der Waals surface area contributed by atoms with E-state index in [1.807, 2.05) is 50.2 Å². The minimum absolute atomic E-state index is 0.249. The molecule has 2 heterocycles. The van der Waals surface area contributed by atoms with E-state index in [0.717, 1.165) is 24.5 Å². The molecule has 2 aromatic carbocycles. The summed E-state index contributed by atoms with van der Waals surface area (Å²) in [4.78, 5) is 15.1. The van der Waals surface area contributed by atoms with E-state index in [4.69, 9.17) is 0 Å². The Morgan fingerprint density at radius 1 is 0.893 bits per heavy atom. The zero-order valence-corrected chi connectivity index (χ0v) is 16.4. The summed E-state index contributed by atoms with van der Waals surface area (Å²) in [6.45, 7) is 6.10. The maximum atomic E-state index is 12.7. The number of amides is 1. The summed E-state index contributed by atoms with van der Waals surface area (Å²) in [7, 11) is 0. The Kier molecular flexibility index (Phi) is 5.10. The number of aromatic nitrogens is 3. The number of anilines is 2. The van der Waals surface area contributed by atoms with Crippen molar-refractivity contribution in [3.63, 3.8) is 0 Å². The Morgan fingerprint density at radius 3 is 2.21 bits per heavy atom. The fourth-order valence-corrected chi connectivity index (χ4v) is 3.57. The molecule has 1 aliphatic rings. The standard InChI is InChI=1S/C22H25N5O/c1-16-6-10-20(11-7-16)27-17(2)21(24-25-27)22(28)23-18-8-12-19(13-9-18)26-14-4-3-5-15-26/h6-13H,3-5,14-15H2,1-2H3,(H,23,28). The van der Waals surface area contributed by atoms with Crippen molar-refractivity contribution >= 4 is 17.3 Å². The van der Waals surface area contributed by atoms with Crippen LogP contribution in [0.2, 0.25) is 0 Å². The molecule has 1 saturated heterocycles. The highest BCUT2D eigenvalue weighted by molar-refractivity contribution is 6.03. The first kappa shape index (κ1) is 18.2. The second-order valence-corrected chi connectivity index (χ2v) is 7.32. The quantitative estimate of drug-likeness (QED) is 0.745. The van der Waals surface area contributed by atoms with E-state index in [2.05, 4.69) is 32.7 Å². The first-order valence-electron chi connectivity index (χ1n) is 9.77. The van der Waals surface area contributed by atoms with Crippen LogP contribution in [0.1, 0.15) is 41.0 Å². The molecular weight excluding hydrogens is 350 g/mol. The molecule has 3 aromatic rings. The molecule has 28 heavy (non-hydrogen) atoms. The molecule has 1 amide bonds. The van der Waals surface area contributed by atoms with Crippen molar-refractivity contribution in [2.45, 2.75) is 33.1 Å². The average molecular weight is 375 g/mol. The summed E-state index contributed by atoms with van der Waals surface area (Å²) >= 11 is 0. The number of rotatable bonds is 4. The lowest BCUT2D eigenvalue weighted by Crippen LogP contribution is -2.29. The minimum atomic E-state index is -0.249. The number of hydrogen-bond acceptors (Lipinski definition) is 4. The third-order valence-electron chi connectivity index (χ3n) is 5.23. The maximum Gasteiger partial charge on any atom is 0.278 e. The monoisotopic (exact) mass is 375 g/mol. The number of hydrogen-bond donors (Lipinski definition) is 1. The maximum absolute atomic E-state index is 12.7. The number of carbonyl (C=O) groups is 1. The van der Waals surface area contributed by atoms with Crippen molar-refractivity contribution in [3.8, 4) is 5.69 Å². The van der Waals surface area contributed by atoms with Gasteiger partial charge in [-0.25, -0.2) is 4.68 Å². The van der Waals surface area contributed by atoms with Crippen LogP contribution < -0.4 is 10.2 Å². The third kappa shape index (κ3) is 3.76. The van der Waals surface area contributed by atoms with Crippen molar-refractivity contribution in [1.82, 2.24) is 15.0 Å². The van der Waals surface area contributed by atoms with Crippen LogP contribution in [0.15, 0.2) is 48.5 Å². The summed E-state index contributed by atoms with van der Waals surface area (Å²) in [5.74, 6) is -0.249. The van der Waals surface area contributed by atoms with Gasteiger partial charge in [-0.2, -0.15) is 0 Å². The van der Waals surface area contributed by atoms with Crippen LogP contribution in [0.25, 0.3) is 5.69 Å². The highest BCUT2D eigenvalue weighted by Crippen LogP contribution is 2.22. The van der Waals surface area contributed by atoms with Crippen LogP contribution in [0.4, 0.5) is 11.4 Å². The zero-order valence-electron chi connectivity index (χ0n) is 16.4. The molecule has 6 nitrogen and oxygen atoms in total. The van der Waals surface area contributed by atoms with Gasteiger partial charge in [0.15, 0.2) is 5.69 Å². The fourth-order valence-electron chi connectivity index (χ4n) is 3.57. The predicted octanol–water partition coefficient (Wildman–Crippen LogP) is 4.13. The summed E-state index contributed by atoms with van der Waals surface area (Å²) in [5, 5.41) is 11.2. The molecule has 0 aliphatic carbocycles. The van der Waals surface area contributed by atoms with E-state index in [9.17, 15) is 4.79 Å². The molecule has 0 unspecified atom stereocenters. The Bertz CT molecular complexity index is 954. The molecule has 1 aliphatic heterocycles. The molecule has 0 saturated carbocycles. The molecule has 0 atom stereocenters. The number of nitrogens with one attached hydrogen (secondary N) is 1. The van der Waals surface area contributed by atoms with Crippen LogP contribution in [0.5, 0.6) is 0 Å². The van der Waals surface area contributed by atoms with E-state index in [1.54, 1.807) is 4.68 Å². The van der Waals surface area contributed by atoms with Gasteiger partial charge in [-0.3, -0.25) is 4.79 Å². The molecule has 1 N–H and O–H groups in total. The van der Waals surface area contributed by atoms with Crippen LogP contribution in [-0.2, 0) is 0 Å². The van der Waals surface area contributed by atoms with Crippen molar-refractivity contribution in [2.75, 3.05) is 23.3 Å². The van der Waals surface area contributed by atoms with Gasteiger partial charge in [0, 0.05) is 24.5 Å². The first-order chi connectivity index (χ1) is 13.6. The molecule has 6 heteroatoms. The smallest absolute Gasteiger partial charge is 0.278 e. The number of carbonyl (C=O) groups excluding carboxylic acids is 1. The van der Waals surface area contributed by atoms with Crippen molar-refractivity contribution in [3.05, 3.63) is 65.5 Å². The lowest BCUT2D eigenvalue weighted by atomic mass is 10.1. The van der Waals surface area contributed by atoms with E-state index in [1.165, 1.54) is 30.5 Å². The average Bonchev–Trinajstić information content (AvgIpc) is 3.11. The molecule has 4 rings (SSSR count).